The lowest BCUT2D eigenvalue weighted by molar-refractivity contribution is 0.539. The maximum absolute atomic E-state index is 13.3. The van der Waals surface area contributed by atoms with Gasteiger partial charge in [0.2, 0.25) is 0 Å². The maximum atomic E-state index is 13.3. The van der Waals surface area contributed by atoms with Gasteiger partial charge in [-0.15, -0.1) is 0 Å². The minimum atomic E-state index is -0.848. The van der Waals surface area contributed by atoms with E-state index in [9.17, 15) is 4.39 Å². The third-order valence-electron chi connectivity index (χ3n) is 3.05. The zero-order chi connectivity index (χ0) is 13.4. The molecule has 2 aromatic heterocycles. The zero-order valence-corrected chi connectivity index (χ0v) is 10.8. The van der Waals surface area contributed by atoms with Crippen molar-refractivity contribution in [3.05, 3.63) is 53.5 Å². The minimum absolute atomic E-state index is 0.0171. The first-order valence-electron chi connectivity index (χ1n) is 5.77. The lowest BCUT2D eigenvalue weighted by Crippen LogP contribution is -2.07. The Morgan fingerprint density at radius 2 is 1.95 bits per heavy atom. The summed E-state index contributed by atoms with van der Waals surface area (Å²) in [4.78, 5) is 11.4. The molecular formula is C13H10ClFN4. The summed E-state index contributed by atoms with van der Waals surface area (Å²) in [6.07, 6.45) is 0.752. The molecule has 0 aliphatic rings. The van der Waals surface area contributed by atoms with Crippen LogP contribution in [0.15, 0.2) is 36.7 Å². The fraction of sp³-hybridized carbons (Fsp3) is 0.154. The molecule has 0 bridgehead atoms. The van der Waals surface area contributed by atoms with Gasteiger partial charge < -0.3 is 4.57 Å². The first-order valence-corrected chi connectivity index (χ1v) is 6.15. The van der Waals surface area contributed by atoms with Crippen LogP contribution in [0, 0.1) is 6.08 Å². The van der Waals surface area contributed by atoms with Crippen molar-refractivity contribution < 1.29 is 4.39 Å². The molecule has 0 amide bonds. The molecule has 1 aromatic carbocycles. The quantitative estimate of drug-likeness (QED) is 0.533. The fourth-order valence-electron chi connectivity index (χ4n) is 2.03. The smallest absolute Gasteiger partial charge is 0.308 e. The Balaban J connectivity index is 2.16. The molecule has 19 heavy (non-hydrogen) atoms. The first-order chi connectivity index (χ1) is 9.16. The van der Waals surface area contributed by atoms with Gasteiger partial charge in [-0.1, -0.05) is 41.9 Å². The molecule has 0 spiro atoms. The summed E-state index contributed by atoms with van der Waals surface area (Å²) in [5, 5.41) is 0.0292. The second kappa shape index (κ2) is 4.59. The fourth-order valence-corrected chi connectivity index (χ4v) is 2.24. The van der Waals surface area contributed by atoms with Crippen molar-refractivity contribution in [2.75, 3.05) is 0 Å². The number of imidazole rings is 1. The maximum Gasteiger partial charge on any atom is 0.312 e. The monoisotopic (exact) mass is 276 g/mol. The van der Waals surface area contributed by atoms with Crippen LogP contribution in [0.4, 0.5) is 4.39 Å². The second-order valence-corrected chi connectivity index (χ2v) is 4.55. The summed E-state index contributed by atoms with van der Waals surface area (Å²) < 4.78 is 15.1. The van der Waals surface area contributed by atoms with Crippen molar-refractivity contribution >= 4 is 22.8 Å². The van der Waals surface area contributed by atoms with Gasteiger partial charge in [-0.25, -0.2) is 4.98 Å². The van der Waals surface area contributed by atoms with E-state index in [4.69, 9.17) is 11.6 Å². The molecule has 0 saturated carbocycles. The van der Waals surface area contributed by atoms with E-state index < -0.39 is 6.08 Å². The summed E-state index contributed by atoms with van der Waals surface area (Å²) in [6.45, 7) is 1.99. The molecule has 0 aliphatic carbocycles. The number of fused-ring (bicyclic) bond motifs is 1. The topological polar surface area (TPSA) is 43.6 Å². The summed E-state index contributed by atoms with van der Waals surface area (Å²) in [5.74, 6) is 0. The van der Waals surface area contributed by atoms with Crippen LogP contribution < -0.4 is 0 Å². The normalized spacial score (nSPS) is 12.8. The highest BCUT2D eigenvalue weighted by Crippen LogP contribution is 2.24. The van der Waals surface area contributed by atoms with Crippen molar-refractivity contribution in [1.82, 2.24) is 19.5 Å². The van der Waals surface area contributed by atoms with Crippen LogP contribution in [0.1, 0.15) is 18.5 Å². The van der Waals surface area contributed by atoms with Gasteiger partial charge in [-0.05, 0) is 12.5 Å². The Hall–Kier alpha value is -2.01. The Bertz CT molecular complexity index is 726. The first kappa shape index (κ1) is 12.0. The van der Waals surface area contributed by atoms with Crippen molar-refractivity contribution in [3.8, 4) is 0 Å². The van der Waals surface area contributed by atoms with Gasteiger partial charge in [0.15, 0.2) is 10.8 Å². The Morgan fingerprint density at radius 3 is 2.68 bits per heavy atom. The van der Waals surface area contributed by atoms with E-state index in [1.54, 1.807) is 10.9 Å². The van der Waals surface area contributed by atoms with Crippen LogP contribution in [0.3, 0.4) is 0 Å². The molecule has 0 fully saturated rings. The van der Waals surface area contributed by atoms with E-state index in [0.717, 1.165) is 5.56 Å². The molecule has 0 aliphatic heterocycles. The standard InChI is InChI=1S/C13H10ClFN4/c1-8(9-5-3-2-4-6-9)19-7-16-10-11(14)17-13(15)18-12(10)19/h2-8H,1H3. The van der Waals surface area contributed by atoms with E-state index >= 15 is 0 Å². The van der Waals surface area contributed by atoms with Gasteiger partial charge in [0.25, 0.3) is 0 Å². The van der Waals surface area contributed by atoms with Gasteiger partial charge in [0.05, 0.1) is 12.4 Å². The van der Waals surface area contributed by atoms with Crippen LogP contribution in [0.5, 0.6) is 0 Å². The second-order valence-electron chi connectivity index (χ2n) is 4.19. The highest BCUT2D eigenvalue weighted by Gasteiger charge is 2.16. The van der Waals surface area contributed by atoms with Crippen molar-refractivity contribution in [2.24, 2.45) is 0 Å². The SMILES string of the molecule is CC(c1ccccc1)n1cnc2c(Cl)nc(F)nc21. The van der Waals surface area contributed by atoms with E-state index in [0.29, 0.717) is 11.2 Å². The number of benzene rings is 1. The highest BCUT2D eigenvalue weighted by atomic mass is 35.5. The molecule has 0 N–H and O–H groups in total. The van der Waals surface area contributed by atoms with Crippen LogP contribution in [0.2, 0.25) is 5.15 Å². The predicted octanol–water partition coefficient (Wildman–Crippen LogP) is 3.23. The van der Waals surface area contributed by atoms with Crippen molar-refractivity contribution in [1.29, 1.82) is 0 Å². The van der Waals surface area contributed by atoms with E-state index in [2.05, 4.69) is 15.0 Å². The predicted molar refractivity (Wildman–Crippen MR) is 70.5 cm³/mol. The van der Waals surface area contributed by atoms with E-state index in [-0.39, 0.29) is 11.2 Å². The summed E-state index contributed by atoms with van der Waals surface area (Å²) in [6, 6.07) is 9.82. The molecule has 4 nitrogen and oxygen atoms in total. The lowest BCUT2D eigenvalue weighted by Gasteiger charge is -2.14. The third kappa shape index (κ3) is 2.06. The van der Waals surface area contributed by atoms with E-state index in [1.165, 1.54) is 0 Å². The van der Waals surface area contributed by atoms with Crippen LogP contribution in [0.25, 0.3) is 11.2 Å². The Kier molecular flexibility index (Phi) is 2.91. The van der Waals surface area contributed by atoms with Gasteiger partial charge in [-0.2, -0.15) is 14.4 Å². The summed E-state index contributed by atoms with van der Waals surface area (Å²) in [5.41, 5.74) is 1.89. The molecule has 0 saturated heterocycles. The van der Waals surface area contributed by atoms with Crippen LogP contribution in [-0.2, 0) is 0 Å². The average Bonchev–Trinajstić information content (AvgIpc) is 2.83. The zero-order valence-electron chi connectivity index (χ0n) is 10.1. The lowest BCUT2D eigenvalue weighted by atomic mass is 10.1. The molecule has 96 valence electrons. The van der Waals surface area contributed by atoms with Crippen LogP contribution >= 0.6 is 11.6 Å². The van der Waals surface area contributed by atoms with Crippen LogP contribution in [-0.4, -0.2) is 19.5 Å². The average molecular weight is 277 g/mol. The Morgan fingerprint density at radius 1 is 1.21 bits per heavy atom. The van der Waals surface area contributed by atoms with Gasteiger partial charge in [0, 0.05) is 0 Å². The molecule has 2 heterocycles. The van der Waals surface area contributed by atoms with Gasteiger partial charge in [-0.3, -0.25) is 0 Å². The van der Waals surface area contributed by atoms with E-state index in [1.807, 2.05) is 37.3 Å². The molecular weight excluding hydrogens is 267 g/mol. The van der Waals surface area contributed by atoms with Crippen molar-refractivity contribution in [3.63, 3.8) is 0 Å². The minimum Gasteiger partial charge on any atom is -0.308 e. The Labute approximate surface area is 113 Å². The number of halogens is 2. The highest BCUT2D eigenvalue weighted by molar-refractivity contribution is 6.33. The number of rotatable bonds is 2. The number of hydrogen-bond donors (Lipinski definition) is 0. The number of aromatic nitrogens is 4. The molecule has 1 unspecified atom stereocenters. The number of nitrogens with zero attached hydrogens (tertiary/aromatic N) is 4. The molecule has 0 radical (unpaired) electrons. The van der Waals surface area contributed by atoms with Crippen molar-refractivity contribution in [2.45, 2.75) is 13.0 Å². The number of hydrogen-bond acceptors (Lipinski definition) is 3. The summed E-state index contributed by atoms with van der Waals surface area (Å²) >= 11 is 5.86. The molecule has 3 rings (SSSR count). The largest absolute Gasteiger partial charge is 0.312 e. The van der Waals surface area contributed by atoms with Gasteiger partial charge >= 0.3 is 6.08 Å². The molecule has 1 atom stereocenters. The summed E-state index contributed by atoms with van der Waals surface area (Å²) in [7, 11) is 0. The molecule has 6 heteroatoms. The molecule has 3 aromatic rings. The van der Waals surface area contributed by atoms with Gasteiger partial charge in [0.1, 0.15) is 5.52 Å². The third-order valence-corrected chi connectivity index (χ3v) is 3.31.